The molecule has 1 saturated heterocycles. The summed E-state index contributed by atoms with van der Waals surface area (Å²) in [5.41, 5.74) is -0.664. The normalized spacial score (nSPS) is 20.7. The number of aliphatic carboxylic acids is 1. The number of ether oxygens (including phenoxy) is 1. The summed E-state index contributed by atoms with van der Waals surface area (Å²) < 4.78 is 5.41. The SMILES string of the molecule is CC(=O)c1cccc(OCC(=O)N2CCCC2(C)C(=O)O)c1. The fraction of sp³-hybridized carbons (Fsp3) is 0.438. The van der Waals surface area contributed by atoms with Crippen LogP contribution >= 0.6 is 0 Å². The molecule has 6 heteroatoms. The van der Waals surface area contributed by atoms with Crippen LogP contribution in [0.4, 0.5) is 0 Å². The predicted octanol–water partition coefficient (Wildman–Crippen LogP) is 1.73. The Kier molecular flexibility index (Phi) is 4.49. The van der Waals surface area contributed by atoms with Gasteiger partial charge in [-0.1, -0.05) is 12.1 Å². The summed E-state index contributed by atoms with van der Waals surface area (Å²) in [4.78, 5) is 36.2. The van der Waals surface area contributed by atoms with Gasteiger partial charge in [0, 0.05) is 12.1 Å². The molecule has 0 saturated carbocycles. The van der Waals surface area contributed by atoms with Gasteiger partial charge in [0.05, 0.1) is 0 Å². The molecule has 1 unspecified atom stereocenters. The first-order chi connectivity index (χ1) is 10.3. The number of benzene rings is 1. The minimum Gasteiger partial charge on any atom is -0.484 e. The van der Waals surface area contributed by atoms with Crippen LogP contribution in [0.3, 0.4) is 0 Å². The maximum atomic E-state index is 12.2. The number of hydrogen-bond acceptors (Lipinski definition) is 4. The summed E-state index contributed by atoms with van der Waals surface area (Å²) >= 11 is 0. The fourth-order valence-electron chi connectivity index (χ4n) is 2.61. The molecule has 1 aliphatic heterocycles. The molecule has 2 rings (SSSR count). The Morgan fingerprint density at radius 1 is 1.36 bits per heavy atom. The highest BCUT2D eigenvalue weighted by atomic mass is 16.5. The Morgan fingerprint density at radius 2 is 2.09 bits per heavy atom. The highest BCUT2D eigenvalue weighted by Gasteiger charge is 2.45. The number of carbonyl (C=O) groups excluding carboxylic acids is 2. The van der Waals surface area contributed by atoms with Crippen LogP contribution in [0.1, 0.15) is 37.0 Å². The zero-order valence-electron chi connectivity index (χ0n) is 12.7. The summed E-state index contributed by atoms with van der Waals surface area (Å²) in [6.45, 7) is 3.17. The number of hydrogen-bond donors (Lipinski definition) is 1. The maximum absolute atomic E-state index is 12.2. The Bertz CT molecular complexity index is 612. The topological polar surface area (TPSA) is 83.9 Å². The van der Waals surface area contributed by atoms with Gasteiger partial charge < -0.3 is 14.7 Å². The standard InChI is InChI=1S/C16H19NO5/c1-11(18)12-5-3-6-13(9-12)22-10-14(19)17-8-4-7-16(17,2)15(20)21/h3,5-6,9H,4,7-8,10H2,1-2H3,(H,20,21). The molecule has 1 aromatic carbocycles. The van der Waals surface area contributed by atoms with E-state index in [2.05, 4.69) is 0 Å². The van der Waals surface area contributed by atoms with Crippen molar-refractivity contribution in [2.45, 2.75) is 32.2 Å². The third-order valence-corrected chi connectivity index (χ3v) is 4.01. The van der Waals surface area contributed by atoms with Crippen molar-refractivity contribution in [3.63, 3.8) is 0 Å². The average molecular weight is 305 g/mol. The largest absolute Gasteiger partial charge is 0.484 e. The van der Waals surface area contributed by atoms with Gasteiger partial charge in [-0.2, -0.15) is 0 Å². The number of carboxylic acid groups (broad SMARTS) is 1. The number of carboxylic acids is 1. The van der Waals surface area contributed by atoms with Crippen LogP contribution < -0.4 is 4.74 Å². The summed E-state index contributed by atoms with van der Waals surface area (Å²) in [5.74, 6) is -1.04. The predicted molar refractivity (Wildman–Crippen MR) is 78.9 cm³/mol. The summed E-state index contributed by atoms with van der Waals surface area (Å²) in [7, 11) is 0. The minimum absolute atomic E-state index is 0.0882. The first-order valence-electron chi connectivity index (χ1n) is 7.12. The minimum atomic E-state index is -1.17. The monoisotopic (exact) mass is 305 g/mol. The Labute approximate surface area is 128 Å². The van der Waals surface area contributed by atoms with Crippen molar-refractivity contribution in [2.24, 2.45) is 0 Å². The van der Waals surface area contributed by atoms with E-state index in [1.165, 1.54) is 11.8 Å². The Balaban J connectivity index is 2.02. The number of rotatable bonds is 5. The molecule has 1 fully saturated rings. The molecule has 0 aromatic heterocycles. The van der Waals surface area contributed by atoms with Crippen LogP contribution in [-0.4, -0.2) is 46.4 Å². The van der Waals surface area contributed by atoms with E-state index in [9.17, 15) is 19.5 Å². The summed E-state index contributed by atoms with van der Waals surface area (Å²) in [6.07, 6.45) is 1.10. The first-order valence-corrected chi connectivity index (χ1v) is 7.12. The van der Waals surface area contributed by atoms with E-state index in [-0.39, 0.29) is 18.3 Å². The molecule has 6 nitrogen and oxygen atoms in total. The number of likely N-dealkylation sites (tertiary alicyclic amines) is 1. The van der Waals surface area contributed by atoms with Crippen LogP contribution in [0.5, 0.6) is 5.75 Å². The van der Waals surface area contributed by atoms with Crippen LogP contribution in [0.2, 0.25) is 0 Å². The quantitative estimate of drug-likeness (QED) is 0.838. The third-order valence-electron chi connectivity index (χ3n) is 4.01. The molecule has 0 aliphatic carbocycles. The van der Waals surface area contributed by atoms with E-state index in [0.29, 0.717) is 30.7 Å². The van der Waals surface area contributed by atoms with E-state index in [1.807, 2.05) is 0 Å². The van der Waals surface area contributed by atoms with Crippen molar-refractivity contribution in [2.75, 3.05) is 13.2 Å². The van der Waals surface area contributed by atoms with Gasteiger partial charge in [-0.3, -0.25) is 9.59 Å². The van der Waals surface area contributed by atoms with Crippen molar-refractivity contribution in [3.05, 3.63) is 29.8 Å². The highest BCUT2D eigenvalue weighted by molar-refractivity contribution is 5.94. The number of amides is 1. The third kappa shape index (κ3) is 3.10. The fourth-order valence-corrected chi connectivity index (χ4v) is 2.61. The molecule has 1 N–H and O–H groups in total. The second-order valence-corrected chi connectivity index (χ2v) is 5.60. The molecule has 1 aliphatic rings. The second kappa shape index (κ2) is 6.17. The van der Waals surface area contributed by atoms with E-state index in [0.717, 1.165) is 0 Å². The molecule has 0 bridgehead atoms. The molecule has 1 heterocycles. The number of nitrogens with zero attached hydrogens (tertiary/aromatic N) is 1. The number of carbonyl (C=O) groups is 3. The van der Waals surface area contributed by atoms with Gasteiger partial charge in [-0.15, -0.1) is 0 Å². The summed E-state index contributed by atoms with van der Waals surface area (Å²) in [6, 6.07) is 6.56. The lowest BCUT2D eigenvalue weighted by Crippen LogP contribution is -2.52. The highest BCUT2D eigenvalue weighted by Crippen LogP contribution is 2.29. The molecule has 0 spiro atoms. The lowest BCUT2D eigenvalue weighted by atomic mass is 9.99. The van der Waals surface area contributed by atoms with Crippen molar-refractivity contribution in [1.29, 1.82) is 0 Å². The van der Waals surface area contributed by atoms with Crippen LogP contribution in [0.15, 0.2) is 24.3 Å². The molecule has 1 amide bonds. The van der Waals surface area contributed by atoms with Gasteiger partial charge in [0.2, 0.25) is 0 Å². The molecular formula is C16H19NO5. The van der Waals surface area contributed by atoms with Crippen LogP contribution in [0.25, 0.3) is 0 Å². The molecule has 1 atom stereocenters. The van der Waals surface area contributed by atoms with Crippen molar-refractivity contribution >= 4 is 17.7 Å². The second-order valence-electron chi connectivity index (χ2n) is 5.60. The van der Waals surface area contributed by atoms with Gasteiger partial charge in [0.25, 0.3) is 5.91 Å². The average Bonchev–Trinajstić information content (AvgIpc) is 2.88. The summed E-state index contributed by atoms with van der Waals surface area (Å²) in [5, 5.41) is 9.30. The molecule has 22 heavy (non-hydrogen) atoms. The zero-order chi connectivity index (χ0) is 16.3. The maximum Gasteiger partial charge on any atom is 0.329 e. The molecule has 1 aromatic rings. The van der Waals surface area contributed by atoms with E-state index in [1.54, 1.807) is 31.2 Å². The zero-order valence-corrected chi connectivity index (χ0v) is 12.7. The van der Waals surface area contributed by atoms with Gasteiger partial charge in [-0.05, 0) is 38.8 Å². The molecular weight excluding hydrogens is 286 g/mol. The van der Waals surface area contributed by atoms with Crippen molar-refractivity contribution < 1.29 is 24.2 Å². The first kappa shape index (κ1) is 16.0. The molecule has 118 valence electrons. The number of Topliss-reactive ketones (excluding diaryl/α,β-unsaturated/α-hetero) is 1. The smallest absolute Gasteiger partial charge is 0.329 e. The van der Waals surface area contributed by atoms with Crippen molar-refractivity contribution in [3.8, 4) is 5.75 Å². The Hall–Kier alpha value is -2.37. The van der Waals surface area contributed by atoms with E-state index >= 15 is 0 Å². The van der Waals surface area contributed by atoms with Gasteiger partial charge in [0.15, 0.2) is 12.4 Å². The van der Waals surface area contributed by atoms with Gasteiger partial charge in [0.1, 0.15) is 11.3 Å². The van der Waals surface area contributed by atoms with Crippen molar-refractivity contribution in [1.82, 2.24) is 4.90 Å². The van der Waals surface area contributed by atoms with Gasteiger partial charge in [-0.25, -0.2) is 4.79 Å². The van der Waals surface area contributed by atoms with E-state index < -0.39 is 11.5 Å². The Morgan fingerprint density at radius 3 is 2.73 bits per heavy atom. The van der Waals surface area contributed by atoms with E-state index in [4.69, 9.17) is 4.74 Å². The number of ketones is 1. The lowest BCUT2D eigenvalue weighted by molar-refractivity contribution is -0.156. The van der Waals surface area contributed by atoms with Crippen LogP contribution in [-0.2, 0) is 9.59 Å². The van der Waals surface area contributed by atoms with Gasteiger partial charge >= 0.3 is 5.97 Å². The van der Waals surface area contributed by atoms with Crippen LogP contribution in [0, 0.1) is 0 Å². The molecule has 0 radical (unpaired) electrons. The lowest BCUT2D eigenvalue weighted by Gasteiger charge is -2.31.